The van der Waals surface area contributed by atoms with E-state index in [9.17, 15) is 9.59 Å². The standard InChI is InChI=1S/C27H24N6O3/c34-25-12-22(31-24-8-4-5-11-33(24)25)26(35)28-14-21-16-32-15-19(9-10-23(32)30-21)13-29-27(17-36-18-27)20-6-2-1-3-7-20/h1-12,15-16,29H,13-14,17-18H2,(H,28,35). The lowest BCUT2D eigenvalue weighted by Gasteiger charge is -2.43. The minimum atomic E-state index is -0.422. The van der Waals surface area contributed by atoms with Gasteiger partial charge >= 0.3 is 0 Å². The quantitative estimate of drug-likeness (QED) is 0.371. The Balaban J connectivity index is 1.13. The second-order valence-corrected chi connectivity index (χ2v) is 8.92. The van der Waals surface area contributed by atoms with Gasteiger partial charge in [-0.25, -0.2) is 9.97 Å². The summed E-state index contributed by atoms with van der Waals surface area (Å²) in [4.78, 5) is 33.8. The van der Waals surface area contributed by atoms with E-state index in [1.54, 1.807) is 24.4 Å². The summed E-state index contributed by atoms with van der Waals surface area (Å²) in [6, 6.07) is 20.8. The van der Waals surface area contributed by atoms with E-state index in [1.165, 1.54) is 16.0 Å². The number of hydrogen-bond donors (Lipinski definition) is 2. The first-order valence-corrected chi connectivity index (χ1v) is 11.7. The summed E-state index contributed by atoms with van der Waals surface area (Å²) >= 11 is 0. The van der Waals surface area contributed by atoms with Gasteiger partial charge in [-0.15, -0.1) is 0 Å². The van der Waals surface area contributed by atoms with Crippen LogP contribution >= 0.6 is 0 Å². The number of hydrogen-bond acceptors (Lipinski definition) is 6. The molecule has 1 aromatic carbocycles. The van der Waals surface area contributed by atoms with E-state index >= 15 is 0 Å². The highest BCUT2D eigenvalue weighted by Gasteiger charge is 2.39. The van der Waals surface area contributed by atoms with E-state index in [2.05, 4.69) is 32.7 Å². The van der Waals surface area contributed by atoms with Gasteiger partial charge < -0.3 is 14.5 Å². The number of benzene rings is 1. The van der Waals surface area contributed by atoms with Crippen molar-refractivity contribution in [1.82, 2.24) is 29.4 Å². The molecule has 0 radical (unpaired) electrons. The number of nitrogens with one attached hydrogen (secondary N) is 2. The number of amides is 1. The number of fused-ring (bicyclic) bond motifs is 2. The second-order valence-electron chi connectivity index (χ2n) is 8.92. The number of nitrogens with zero attached hydrogens (tertiary/aromatic N) is 4. The lowest BCUT2D eigenvalue weighted by molar-refractivity contribution is -0.0796. The third kappa shape index (κ3) is 4.15. The molecule has 2 N–H and O–H groups in total. The van der Waals surface area contributed by atoms with Crippen molar-refractivity contribution in [1.29, 1.82) is 0 Å². The van der Waals surface area contributed by atoms with Crippen LogP contribution in [0.4, 0.5) is 0 Å². The van der Waals surface area contributed by atoms with Crippen LogP contribution in [0.1, 0.15) is 27.3 Å². The molecule has 1 aliphatic rings. The summed E-state index contributed by atoms with van der Waals surface area (Å²) in [6.07, 6.45) is 5.54. The van der Waals surface area contributed by atoms with Crippen molar-refractivity contribution >= 4 is 17.2 Å². The van der Waals surface area contributed by atoms with Crippen LogP contribution in [-0.4, -0.2) is 37.9 Å². The van der Waals surface area contributed by atoms with Gasteiger partial charge in [-0.2, -0.15) is 0 Å². The van der Waals surface area contributed by atoms with Crippen molar-refractivity contribution in [2.45, 2.75) is 18.6 Å². The predicted molar refractivity (Wildman–Crippen MR) is 134 cm³/mol. The topological polar surface area (TPSA) is 102 Å². The zero-order chi connectivity index (χ0) is 24.5. The summed E-state index contributed by atoms with van der Waals surface area (Å²) in [5.74, 6) is -0.422. The van der Waals surface area contributed by atoms with Gasteiger partial charge in [0.1, 0.15) is 17.0 Å². The number of ether oxygens (including phenoxy) is 1. The fourth-order valence-electron chi connectivity index (χ4n) is 4.42. The lowest BCUT2D eigenvalue weighted by Crippen LogP contribution is -2.57. The number of carbonyl (C=O) groups is 1. The number of rotatable bonds is 7. The highest BCUT2D eigenvalue weighted by atomic mass is 16.5. The predicted octanol–water partition coefficient (Wildman–Crippen LogP) is 2.29. The van der Waals surface area contributed by atoms with E-state index in [-0.39, 0.29) is 23.3 Å². The Morgan fingerprint density at radius 2 is 1.78 bits per heavy atom. The molecular weight excluding hydrogens is 456 g/mol. The molecule has 9 heteroatoms. The number of pyridine rings is 2. The SMILES string of the molecule is O=C(NCc1cn2cc(CNC3(c4ccccc4)COC3)ccc2n1)c1cc(=O)n2ccccc2n1. The Hall–Kier alpha value is -4.34. The first-order valence-electron chi connectivity index (χ1n) is 11.7. The van der Waals surface area contributed by atoms with E-state index in [0.717, 1.165) is 11.2 Å². The van der Waals surface area contributed by atoms with Crippen LogP contribution in [0.3, 0.4) is 0 Å². The fourth-order valence-corrected chi connectivity index (χ4v) is 4.42. The summed E-state index contributed by atoms with van der Waals surface area (Å²) in [7, 11) is 0. The van der Waals surface area contributed by atoms with Crippen molar-refractivity contribution in [3.8, 4) is 0 Å². The summed E-state index contributed by atoms with van der Waals surface area (Å²) < 4.78 is 8.87. The maximum absolute atomic E-state index is 12.6. The van der Waals surface area contributed by atoms with Crippen LogP contribution in [0.5, 0.6) is 0 Å². The van der Waals surface area contributed by atoms with Crippen LogP contribution in [0.2, 0.25) is 0 Å². The Bertz CT molecular complexity index is 1620. The summed E-state index contributed by atoms with van der Waals surface area (Å²) in [6.45, 7) is 2.19. The zero-order valence-corrected chi connectivity index (χ0v) is 19.4. The van der Waals surface area contributed by atoms with Crippen LogP contribution in [0.15, 0.2) is 90.1 Å². The molecule has 9 nitrogen and oxygen atoms in total. The maximum atomic E-state index is 12.6. The van der Waals surface area contributed by atoms with E-state index in [0.29, 0.717) is 31.1 Å². The van der Waals surface area contributed by atoms with Gasteiger partial charge in [0.05, 0.1) is 31.0 Å². The molecule has 0 atom stereocenters. The zero-order valence-electron chi connectivity index (χ0n) is 19.4. The average Bonchev–Trinajstić information content (AvgIpc) is 3.29. The monoisotopic (exact) mass is 480 g/mol. The molecule has 6 rings (SSSR count). The first kappa shape index (κ1) is 22.1. The molecule has 1 fully saturated rings. The summed E-state index contributed by atoms with van der Waals surface area (Å²) in [5.41, 5.74) is 3.86. The van der Waals surface area contributed by atoms with Crippen molar-refractivity contribution in [2.24, 2.45) is 0 Å². The van der Waals surface area contributed by atoms with Crippen LogP contribution in [-0.2, 0) is 23.4 Å². The average molecular weight is 481 g/mol. The molecule has 1 aliphatic heterocycles. The van der Waals surface area contributed by atoms with Gasteiger partial charge in [0, 0.05) is 31.2 Å². The molecule has 180 valence electrons. The fraction of sp³-hybridized carbons (Fsp3) is 0.185. The summed E-state index contributed by atoms with van der Waals surface area (Å²) in [5, 5.41) is 6.47. The number of imidazole rings is 1. The third-order valence-corrected chi connectivity index (χ3v) is 6.45. The van der Waals surface area contributed by atoms with Gasteiger partial charge in [-0.3, -0.25) is 19.3 Å². The maximum Gasteiger partial charge on any atom is 0.270 e. The Labute approximate surface area is 206 Å². The van der Waals surface area contributed by atoms with Crippen molar-refractivity contribution in [3.05, 3.63) is 118 Å². The molecular formula is C27H24N6O3. The minimum absolute atomic E-state index is 0.0793. The molecule has 5 aromatic rings. The van der Waals surface area contributed by atoms with Crippen molar-refractivity contribution < 1.29 is 9.53 Å². The molecule has 0 bridgehead atoms. The highest BCUT2D eigenvalue weighted by molar-refractivity contribution is 5.92. The largest absolute Gasteiger partial charge is 0.377 e. The normalized spacial score (nSPS) is 14.6. The molecule has 0 spiro atoms. The van der Waals surface area contributed by atoms with E-state index in [4.69, 9.17) is 4.74 Å². The van der Waals surface area contributed by atoms with E-state index < -0.39 is 5.91 Å². The molecule has 36 heavy (non-hydrogen) atoms. The van der Waals surface area contributed by atoms with Gasteiger partial charge in [-0.05, 0) is 29.3 Å². The lowest BCUT2D eigenvalue weighted by atomic mass is 9.88. The van der Waals surface area contributed by atoms with Crippen molar-refractivity contribution in [3.63, 3.8) is 0 Å². The molecule has 1 saturated heterocycles. The van der Waals surface area contributed by atoms with Gasteiger partial charge in [-0.1, -0.05) is 42.5 Å². The Morgan fingerprint density at radius 3 is 2.58 bits per heavy atom. The van der Waals surface area contributed by atoms with Crippen LogP contribution in [0.25, 0.3) is 11.3 Å². The third-order valence-electron chi connectivity index (χ3n) is 6.45. The second kappa shape index (κ2) is 9.03. The molecule has 0 aliphatic carbocycles. The van der Waals surface area contributed by atoms with Crippen LogP contribution in [0, 0.1) is 0 Å². The molecule has 0 saturated carbocycles. The number of carbonyl (C=O) groups excluding carboxylic acids is 1. The Morgan fingerprint density at radius 1 is 0.944 bits per heavy atom. The minimum Gasteiger partial charge on any atom is -0.377 e. The van der Waals surface area contributed by atoms with E-state index in [1.807, 2.05) is 47.1 Å². The first-order chi connectivity index (χ1) is 17.6. The van der Waals surface area contributed by atoms with Gasteiger partial charge in [0.2, 0.25) is 0 Å². The molecule has 5 heterocycles. The Kier molecular flexibility index (Phi) is 5.55. The van der Waals surface area contributed by atoms with Crippen LogP contribution < -0.4 is 16.2 Å². The highest BCUT2D eigenvalue weighted by Crippen LogP contribution is 2.29. The molecule has 0 unspecified atom stereocenters. The van der Waals surface area contributed by atoms with Gasteiger partial charge in [0.25, 0.3) is 11.5 Å². The number of aromatic nitrogens is 4. The van der Waals surface area contributed by atoms with Crippen molar-refractivity contribution in [2.75, 3.05) is 13.2 Å². The molecule has 4 aromatic heterocycles. The smallest absolute Gasteiger partial charge is 0.270 e. The molecule has 1 amide bonds. The van der Waals surface area contributed by atoms with Gasteiger partial charge in [0.15, 0.2) is 0 Å².